The number of piperazine rings is 1. The maximum absolute atomic E-state index is 13.2. The molecule has 0 bridgehead atoms. The van der Waals surface area contributed by atoms with Gasteiger partial charge in [0.15, 0.2) is 0 Å². The largest absolute Gasteiger partial charge is 0.487 e. The summed E-state index contributed by atoms with van der Waals surface area (Å²) in [5.41, 5.74) is 3.21. The van der Waals surface area contributed by atoms with Crippen molar-refractivity contribution < 1.29 is 23.9 Å². The Morgan fingerprint density at radius 2 is 1.72 bits per heavy atom. The Balaban J connectivity index is 1.26. The molecule has 0 atom stereocenters. The van der Waals surface area contributed by atoms with Crippen LogP contribution in [0.4, 0.5) is 11.4 Å². The van der Waals surface area contributed by atoms with Gasteiger partial charge in [0.1, 0.15) is 37.5 Å². The lowest BCUT2D eigenvalue weighted by Gasteiger charge is -2.34. The maximum atomic E-state index is 13.2. The van der Waals surface area contributed by atoms with Crippen molar-refractivity contribution >= 4 is 69.1 Å². The van der Waals surface area contributed by atoms with E-state index < -0.39 is 17.7 Å². The number of aryl methyl sites for hydroxylation is 1. The van der Waals surface area contributed by atoms with Gasteiger partial charge in [-0.05, 0) is 55.5 Å². The van der Waals surface area contributed by atoms with Crippen LogP contribution in [0.2, 0.25) is 10.0 Å². The summed E-state index contributed by atoms with van der Waals surface area (Å²) < 4.78 is 6.07. The van der Waals surface area contributed by atoms with Crippen LogP contribution in [0, 0.1) is 6.92 Å². The van der Waals surface area contributed by atoms with E-state index in [0.717, 1.165) is 11.1 Å². The first-order chi connectivity index (χ1) is 20.6. The molecule has 5 rings (SSSR count). The van der Waals surface area contributed by atoms with Crippen molar-refractivity contribution in [2.75, 3.05) is 36.9 Å². The Morgan fingerprint density at radius 1 is 0.953 bits per heavy atom. The fourth-order valence-corrected chi connectivity index (χ4v) is 5.24. The van der Waals surface area contributed by atoms with E-state index in [0.29, 0.717) is 38.8 Å². The molecule has 0 aliphatic carbocycles. The molecular weight excluding hydrogens is 593 g/mol. The van der Waals surface area contributed by atoms with Crippen molar-refractivity contribution in [3.63, 3.8) is 0 Å². The van der Waals surface area contributed by atoms with E-state index in [-0.39, 0.29) is 37.2 Å². The fourth-order valence-electron chi connectivity index (χ4n) is 4.66. The highest BCUT2D eigenvalue weighted by molar-refractivity contribution is 6.38. The number of amides is 4. The lowest BCUT2D eigenvalue weighted by atomic mass is 10.1. The third-order valence-electron chi connectivity index (χ3n) is 6.92. The monoisotopic (exact) mass is 619 g/mol. The number of nitrogens with zero attached hydrogens (tertiary/aromatic N) is 3. The second-order valence-corrected chi connectivity index (χ2v) is 10.6. The van der Waals surface area contributed by atoms with Gasteiger partial charge in [0.25, 0.3) is 5.91 Å². The SMILES string of the molecule is CNC(=O)c1ccc(NC(=O)CN2CC(=O)N(c3ccc(Cl)c(COc4cccc5ccc(C)nc45)c3Cl)CC2=O)cc1. The van der Waals surface area contributed by atoms with Gasteiger partial charge in [-0.1, -0.05) is 41.4 Å². The zero-order valence-corrected chi connectivity index (χ0v) is 24.8. The standard InChI is InChI=1S/C31H27Cl2N5O5/c1-18-6-7-19-4-3-5-25(30(19)35-18)43-17-22-23(32)12-13-24(29(22)33)38-16-27(40)37(15-28(38)41)14-26(39)36-21-10-8-20(9-11-21)31(42)34-2/h3-13H,14-17H2,1-2H3,(H,34,42)(H,36,39). The molecule has 2 N–H and O–H groups in total. The molecule has 0 spiro atoms. The van der Waals surface area contributed by atoms with Crippen LogP contribution in [0.5, 0.6) is 5.75 Å². The number of rotatable bonds is 8. The summed E-state index contributed by atoms with van der Waals surface area (Å²) >= 11 is 13.2. The molecule has 0 radical (unpaired) electrons. The molecule has 1 aliphatic heterocycles. The average Bonchev–Trinajstić information content (AvgIpc) is 2.99. The normalized spacial score (nSPS) is 13.3. The van der Waals surface area contributed by atoms with E-state index in [1.807, 2.05) is 31.2 Å². The highest BCUT2D eigenvalue weighted by Crippen LogP contribution is 2.36. The predicted molar refractivity (Wildman–Crippen MR) is 165 cm³/mol. The summed E-state index contributed by atoms with van der Waals surface area (Å²) in [5, 5.41) is 6.64. The Morgan fingerprint density at radius 3 is 2.47 bits per heavy atom. The zero-order chi connectivity index (χ0) is 30.7. The molecule has 12 heteroatoms. The van der Waals surface area contributed by atoms with Gasteiger partial charge in [0.2, 0.25) is 17.7 Å². The number of halogens is 2. The summed E-state index contributed by atoms with van der Waals surface area (Å²) in [6.07, 6.45) is 0. The number of anilines is 2. The molecule has 3 aromatic carbocycles. The molecule has 4 aromatic rings. The predicted octanol–water partition coefficient (Wildman–Crippen LogP) is 4.60. The molecule has 1 saturated heterocycles. The molecule has 1 fully saturated rings. The number of fused-ring (bicyclic) bond motifs is 1. The molecule has 220 valence electrons. The second kappa shape index (κ2) is 12.7. The molecule has 1 aliphatic rings. The summed E-state index contributed by atoms with van der Waals surface area (Å²) in [6, 6.07) is 18.9. The summed E-state index contributed by atoms with van der Waals surface area (Å²) in [6.45, 7) is 0.967. The van der Waals surface area contributed by atoms with Crippen LogP contribution in [-0.4, -0.2) is 60.2 Å². The molecule has 4 amide bonds. The molecule has 1 aromatic heterocycles. The summed E-state index contributed by atoms with van der Waals surface area (Å²) in [5.74, 6) is -1.01. The number of para-hydroxylation sites is 1. The number of carbonyl (C=O) groups is 4. The Kier molecular flexibility index (Phi) is 8.79. The van der Waals surface area contributed by atoms with Crippen LogP contribution in [-0.2, 0) is 21.0 Å². The molecule has 43 heavy (non-hydrogen) atoms. The van der Waals surface area contributed by atoms with E-state index in [2.05, 4.69) is 15.6 Å². The van der Waals surface area contributed by atoms with Crippen LogP contribution in [0.25, 0.3) is 10.9 Å². The number of pyridine rings is 1. The van der Waals surface area contributed by atoms with Gasteiger partial charge in [-0.2, -0.15) is 0 Å². The van der Waals surface area contributed by atoms with Gasteiger partial charge in [-0.25, -0.2) is 4.98 Å². The van der Waals surface area contributed by atoms with Crippen LogP contribution in [0.3, 0.4) is 0 Å². The number of carbonyl (C=O) groups excluding carboxylic acids is 4. The second-order valence-electron chi connectivity index (χ2n) is 9.86. The highest BCUT2D eigenvalue weighted by atomic mass is 35.5. The van der Waals surface area contributed by atoms with Gasteiger partial charge >= 0.3 is 0 Å². The van der Waals surface area contributed by atoms with Crippen molar-refractivity contribution in [1.29, 1.82) is 0 Å². The van der Waals surface area contributed by atoms with E-state index in [9.17, 15) is 19.2 Å². The van der Waals surface area contributed by atoms with Crippen molar-refractivity contribution in [3.8, 4) is 5.75 Å². The third kappa shape index (κ3) is 6.55. The van der Waals surface area contributed by atoms with E-state index >= 15 is 0 Å². The lowest BCUT2D eigenvalue weighted by molar-refractivity contribution is -0.140. The first-order valence-corrected chi connectivity index (χ1v) is 14.1. The molecular formula is C31H27Cl2N5O5. The number of ether oxygens (including phenoxy) is 1. The van der Waals surface area contributed by atoms with Crippen LogP contribution >= 0.6 is 23.2 Å². The first-order valence-electron chi connectivity index (χ1n) is 13.3. The van der Waals surface area contributed by atoms with Crippen molar-refractivity contribution in [3.05, 3.63) is 93.6 Å². The molecule has 2 heterocycles. The average molecular weight is 620 g/mol. The van der Waals surface area contributed by atoms with Gasteiger partial charge < -0.3 is 20.3 Å². The van der Waals surface area contributed by atoms with Gasteiger partial charge in [0.05, 0.1) is 10.7 Å². The van der Waals surface area contributed by atoms with E-state index in [4.69, 9.17) is 27.9 Å². The van der Waals surface area contributed by atoms with Gasteiger partial charge in [0, 0.05) is 40.0 Å². The smallest absolute Gasteiger partial charge is 0.251 e. The van der Waals surface area contributed by atoms with E-state index in [1.54, 1.807) is 42.5 Å². The number of benzene rings is 3. The molecule has 10 nitrogen and oxygen atoms in total. The van der Waals surface area contributed by atoms with Crippen molar-refractivity contribution in [2.45, 2.75) is 13.5 Å². The van der Waals surface area contributed by atoms with Crippen molar-refractivity contribution in [1.82, 2.24) is 15.2 Å². The summed E-state index contributed by atoms with van der Waals surface area (Å²) in [7, 11) is 1.52. The third-order valence-corrected chi connectivity index (χ3v) is 7.69. The fraction of sp³-hybridized carbons (Fsp3) is 0.194. The number of hydrogen-bond acceptors (Lipinski definition) is 6. The quantitative estimate of drug-likeness (QED) is 0.297. The highest BCUT2D eigenvalue weighted by Gasteiger charge is 2.33. The minimum atomic E-state index is -0.482. The Labute approximate surface area is 257 Å². The van der Waals surface area contributed by atoms with Crippen LogP contribution in [0.1, 0.15) is 21.6 Å². The Hall–Kier alpha value is -4.67. The van der Waals surface area contributed by atoms with E-state index in [1.165, 1.54) is 16.8 Å². The van der Waals surface area contributed by atoms with Gasteiger partial charge in [-0.15, -0.1) is 0 Å². The lowest BCUT2D eigenvalue weighted by Crippen LogP contribution is -2.55. The molecule has 0 saturated carbocycles. The minimum absolute atomic E-state index is 0.00656. The Bertz CT molecular complexity index is 1750. The number of hydrogen-bond donors (Lipinski definition) is 2. The van der Waals surface area contributed by atoms with Crippen LogP contribution < -0.4 is 20.3 Å². The first kappa shape index (κ1) is 29.8. The van der Waals surface area contributed by atoms with Gasteiger partial charge in [-0.3, -0.25) is 24.1 Å². The number of nitrogens with one attached hydrogen (secondary N) is 2. The van der Waals surface area contributed by atoms with Crippen LogP contribution in [0.15, 0.2) is 66.7 Å². The number of aromatic nitrogens is 1. The topological polar surface area (TPSA) is 121 Å². The zero-order valence-electron chi connectivity index (χ0n) is 23.3. The molecule has 0 unspecified atom stereocenters. The minimum Gasteiger partial charge on any atom is -0.487 e. The maximum Gasteiger partial charge on any atom is 0.251 e. The summed E-state index contributed by atoms with van der Waals surface area (Å²) in [4.78, 5) is 57.5. The van der Waals surface area contributed by atoms with Crippen molar-refractivity contribution in [2.24, 2.45) is 0 Å².